The van der Waals surface area contributed by atoms with Gasteiger partial charge < -0.3 is 29.5 Å². The van der Waals surface area contributed by atoms with Crippen LogP contribution in [0.5, 0.6) is 5.75 Å². The second kappa shape index (κ2) is 14.9. The Balaban J connectivity index is 0.00000387. The van der Waals surface area contributed by atoms with E-state index < -0.39 is 0 Å². The number of hydrogen-bond donors (Lipinski definition) is 1. The zero-order chi connectivity index (χ0) is 27.9. The summed E-state index contributed by atoms with van der Waals surface area (Å²) in [6.07, 6.45) is 5.00. The van der Waals surface area contributed by atoms with E-state index in [1.54, 1.807) is 0 Å². The van der Waals surface area contributed by atoms with E-state index in [4.69, 9.17) is 9.47 Å². The monoisotopic (exact) mass is 584 g/mol. The van der Waals surface area contributed by atoms with E-state index in [-0.39, 0.29) is 24.3 Å². The standard InChI is InChI=1S/C32H44N4O4.ClH/c1-3-12-36(23-25-9-13-34(14-10-25)32(38)35-15-18-39-19-16-35)24(2)20-26-5-4-6-29(21-26)33-31(37)28-7-8-30-27(22-28)11-17-40-30;/h4-8,21-22,24-25H,3,9-20,23H2,1-2H3,(H,33,37);1H. The number of anilines is 1. The maximum Gasteiger partial charge on any atom is 0.320 e. The smallest absolute Gasteiger partial charge is 0.320 e. The van der Waals surface area contributed by atoms with E-state index in [1.165, 1.54) is 5.56 Å². The van der Waals surface area contributed by atoms with Crippen LogP contribution < -0.4 is 10.1 Å². The van der Waals surface area contributed by atoms with Crippen LogP contribution in [0.3, 0.4) is 0 Å². The number of urea groups is 1. The molecule has 1 unspecified atom stereocenters. The van der Waals surface area contributed by atoms with Crippen LogP contribution in [0.15, 0.2) is 42.5 Å². The zero-order valence-electron chi connectivity index (χ0n) is 24.5. The van der Waals surface area contributed by atoms with Crippen LogP contribution in [-0.2, 0) is 17.6 Å². The summed E-state index contributed by atoms with van der Waals surface area (Å²) in [5.41, 5.74) is 3.81. The number of nitrogens with one attached hydrogen (secondary N) is 1. The Labute approximate surface area is 250 Å². The number of amides is 3. The number of carbonyl (C=O) groups is 2. The maximum atomic E-state index is 12.9. The van der Waals surface area contributed by atoms with E-state index in [2.05, 4.69) is 36.2 Å². The third-order valence-corrected chi connectivity index (χ3v) is 8.46. The Morgan fingerprint density at radius 1 is 1.02 bits per heavy atom. The normalized spacial score (nSPS) is 17.9. The molecule has 41 heavy (non-hydrogen) atoms. The van der Waals surface area contributed by atoms with Crippen molar-refractivity contribution >= 4 is 30.0 Å². The van der Waals surface area contributed by atoms with Gasteiger partial charge >= 0.3 is 6.03 Å². The Kier molecular flexibility index (Phi) is 11.3. The quantitative estimate of drug-likeness (QED) is 0.444. The minimum Gasteiger partial charge on any atom is -0.493 e. The van der Waals surface area contributed by atoms with Crippen LogP contribution >= 0.6 is 12.4 Å². The highest BCUT2D eigenvalue weighted by Gasteiger charge is 2.29. The summed E-state index contributed by atoms with van der Waals surface area (Å²) >= 11 is 0. The van der Waals surface area contributed by atoms with E-state index >= 15 is 0 Å². The summed E-state index contributed by atoms with van der Waals surface area (Å²) in [6, 6.07) is 14.5. The molecule has 3 aliphatic heterocycles. The number of likely N-dealkylation sites (tertiary alicyclic amines) is 1. The van der Waals surface area contributed by atoms with E-state index in [0.29, 0.717) is 50.4 Å². The Bertz CT molecular complexity index is 1160. The van der Waals surface area contributed by atoms with E-state index in [1.807, 2.05) is 40.1 Å². The van der Waals surface area contributed by atoms with Crippen molar-refractivity contribution in [2.45, 2.75) is 52.0 Å². The zero-order valence-corrected chi connectivity index (χ0v) is 25.3. The molecule has 0 spiro atoms. The molecule has 0 aliphatic carbocycles. The average molecular weight is 585 g/mol. The molecule has 5 rings (SSSR count). The Morgan fingerprint density at radius 3 is 2.54 bits per heavy atom. The van der Waals surface area contributed by atoms with Gasteiger partial charge in [-0.25, -0.2) is 4.79 Å². The van der Waals surface area contributed by atoms with Gasteiger partial charge in [-0.15, -0.1) is 12.4 Å². The van der Waals surface area contributed by atoms with Crippen molar-refractivity contribution in [3.63, 3.8) is 0 Å². The molecule has 2 aromatic carbocycles. The third-order valence-electron chi connectivity index (χ3n) is 8.46. The van der Waals surface area contributed by atoms with Gasteiger partial charge in [-0.05, 0) is 86.5 Å². The van der Waals surface area contributed by atoms with Crippen molar-refractivity contribution in [3.8, 4) is 5.75 Å². The number of carbonyl (C=O) groups excluding carboxylic acids is 2. The lowest BCUT2D eigenvalue weighted by Gasteiger charge is -2.39. The number of benzene rings is 2. The number of ether oxygens (including phenoxy) is 2. The summed E-state index contributed by atoms with van der Waals surface area (Å²) in [5.74, 6) is 1.40. The van der Waals surface area contributed by atoms with Gasteiger partial charge in [0.15, 0.2) is 0 Å². The molecule has 8 nitrogen and oxygen atoms in total. The summed E-state index contributed by atoms with van der Waals surface area (Å²) in [4.78, 5) is 32.4. The first kappa shape index (κ1) is 31.1. The Hall–Kier alpha value is -2.81. The minimum absolute atomic E-state index is 0. The van der Waals surface area contributed by atoms with E-state index in [9.17, 15) is 9.59 Å². The molecular weight excluding hydrogens is 540 g/mol. The van der Waals surface area contributed by atoms with Crippen molar-refractivity contribution in [1.82, 2.24) is 14.7 Å². The summed E-state index contributed by atoms with van der Waals surface area (Å²) in [7, 11) is 0. The third kappa shape index (κ3) is 8.15. The first-order chi connectivity index (χ1) is 19.5. The van der Waals surface area contributed by atoms with Gasteiger partial charge in [-0.3, -0.25) is 4.79 Å². The molecular formula is C32H45ClN4O4. The first-order valence-corrected chi connectivity index (χ1v) is 15.0. The van der Waals surface area contributed by atoms with Gasteiger partial charge in [0, 0.05) is 56.4 Å². The van der Waals surface area contributed by atoms with Crippen molar-refractivity contribution in [3.05, 3.63) is 59.2 Å². The SMILES string of the molecule is CCCN(CC1CCN(C(=O)N2CCOCC2)CC1)C(C)Cc1cccc(NC(=O)c2ccc3c(c2)CCO3)c1.Cl. The van der Waals surface area contributed by atoms with Crippen LogP contribution in [0.4, 0.5) is 10.5 Å². The van der Waals surface area contributed by atoms with Crippen molar-refractivity contribution in [2.75, 3.05) is 64.4 Å². The molecule has 2 aromatic rings. The molecule has 3 heterocycles. The summed E-state index contributed by atoms with van der Waals surface area (Å²) in [6.45, 7) is 11.7. The van der Waals surface area contributed by atoms with Crippen molar-refractivity contribution < 1.29 is 19.1 Å². The number of hydrogen-bond acceptors (Lipinski definition) is 5. The molecule has 1 N–H and O–H groups in total. The minimum atomic E-state index is -0.0917. The van der Waals surface area contributed by atoms with Crippen LogP contribution in [0.2, 0.25) is 0 Å². The van der Waals surface area contributed by atoms with Crippen molar-refractivity contribution in [1.29, 1.82) is 0 Å². The molecule has 0 radical (unpaired) electrons. The van der Waals surface area contributed by atoms with Crippen LogP contribution in [0, 0.1) is 5.92 Å². The lowest BCUT2D eigenvalue weighted by molar-refractivity contribution is 0.0386. The summed E-state index contributed by atoms with van der Waals surface area (Å²) < 4.78 is 11.0. The van der Waals surface area contributed by atoms with E-state index in [0.717, 1.165) is 75.3 Å². The molecule has 9 heteroatoms. The predicted octanol–water partition coefficient (Wildman–Crippen LogP) is 5.10. The topological polar surface area (TPSA) is 74.4 Å². The van der Waals surface area contributed by atoms with Gasteiger partial charge in [0.25, 0.3) is 5.91 Å². The fraction of sp³-hybridized carbons (Fsp3) is 0.562. The van der Waals surface area contributed by atoms with Crippen molar-refractivity contribution in [2.24, 2.45) is 5.92 Å². The number of nitrogens with zero attached hydrogens (tertiary/aromatic N) is 3. The molecule has 224 valence electrons. The molecule has 0 saturated carbocycles. The van der Waals surface area contributed by atoms with Crippen LogP contribution in [-0.4, -0.2) is 91.8 Å². The number of rotatable bonds is 9. The molecule has 2 fully saturated rings. The number of piperidine rings is 1. The molecule has 0 bridgehead atoms. The highest BCUT2D eigenvalue weighted by Crippen LogP contribution is 2.27. The lowest BCUT2D eigenvalue weighted by atomic mass is 9.95. The number of morpholine rings is 1. The van der Waals surface area contributed by atoms with Gasteiger partial charge in [-0.1, -0.05) is 19.1 Å². The predicted molar refractivity (Wildman–Crippen MR) is 164 cm³/mol. The van der Waals surface area contributed by atoms with Crippen LogP contribution in [0.1, 0.15) is 54.6 Å². The van der Waals surface area contributed by atoms with Gasteiger partial charge in [0.1, 0.15) is 5.75 Å². The second-order valence-corrected chi connectivity index (χ2v) is 11.4. The largest absolute Gasteiger partial charge is 0.493 e. The highest BCUT2D eigenvalue weighted by atomic mass is 35.5. The first-order valence-electron chi connectivity index (χ1n) is 15.0. The Morgan fingerprint density at radius 2 is 1.78 bits per heavy atom. The molecule has 2 saturated heterocycles. The second-order valence-electron chi connectivity index (χ2n) is 11.4. The molecule has 0 aromatic heterocycles. The number of halogens is 1. The maximum absolute atomic E-state index is 12.9. The molecule has 3 amide bonds. The van der Waals surface area contributed by atoms with Crippen LogP contribution in [0.25, 0.3) is 0 Å². The van der Waals surface area contributed by atoms with Gasteiger partial charge in [-0.2, -0.15) is 0 Å². The highest BCUT2D eigenvalue weighted by molar-refractivity contribution is 6.04. The average Bonchev–Trinajstić information content (AvgIpc) is 3.46. The van der Waals surface area contributed by atoms with Gasteiger partial charge in [0.2, 0.25) is 0 Å². The number of fused-ring (bicyclic) bond motifs is 1. The fourth-order valence-corrected chi connectivity index (χ4v) is 6.15. The fourth-order valence-electron chi connectivity index (χ4n) is 6.15. The molecule has 3 aliphatic rings. The van der Waals surface area contributed by atoms with Gasteiger partial charge in [0.05, 0.1) is 19.8 Å². The summed E-state index contributed by atoms with van der Waals surface area (Å²) in [5, 5.41) is 3.08. The molecule has 1 atom stereocenters. The lowest BCUT2D eigenvalue weighted by Crippen LogP contribution is -2.51.